The van der Waals surface area contributed by atoms with Gasteiger partial charge >= 0.3 is 5.97 Å². The highest BCUT2D eigenvalue weighted by Crippen LogP contribution is 2.20. The second-order valence-electron chi connectivity index (χ2n) is 2.63. The van der Waals surface area contributed by atoms with Crippen molar-refractivity contribution in [2.45, 2.75) is 4.90 Å². The molecular weight excluding hydrogens is 222 g/mol. The Morgan fingerprint density at radius 1 is 1.40 bits per heavy atom. The normalized spacial score (nSPS) is 10.8. The molecule has 0 aromatic heterocycles. The molecule has 0 saturated carbocycles. The Morgan fingerprint density at radius 2 is 2.13 bits per heavy atom. The van der Waals surface area contributed by atoms with E-state index in [2.05, 4.69) is 0 Å². The number of hydrogen-bond donors (Lipinski definition) is 1. The SMILES string of the molecule is O=C(O)C=CCSc1ccc(F)c(F)c1. The lowest BCUT2D eigenvalue weighted by Crippen LogP contribution is -1.87. The van der Waals surface area contributed by atoms with E-state index in [1.165, 1.54) is 23.9 Å². The lowest BCUT2D eigenvalue weighted by Gasteiger charge is -1.98. The number of carbonyl (C=O) groups is 1. The van der Waals surface area contributed by atoms with E-state index in [0.717, 1.165) is 18.2 Å². The summed E-state index contributed by atoms with van der Waals surface area (Å²) in [6.07, 6.45) is 2.45. The second kappa shape index (κ2) is 5.50. The molecule has 0 unspecified atom stereocenters. The molecule has 1 N–H and O–H groups in total. The minimum Gasteiger partial charge on any atom is -0.478 e. The first-order valence-corrected chi connectivity index (χ1v) is 5.05. The van der Waals surface area contributed by atoms with Gasteiger partial charge in [-0.3, -0.25) is 0 Å². The van der Waals surface area contributed by atoms with Crippen molar-refractivity contribution in [3.8, 4) is 0 Å². The van der Waals surface area contributed by atoms with Gasteiger partial charge in [-0.15, -0.1) is 11.8 Å². The standard InChI is InChI=1S/C10H8F2O2S/c11-8-4-3-7(6-9(8)12)15-5-1-2-10(13)14/h1-4,6H,5H2,(H,13,14). The van der Waals surface area contributed by atoms with Crippen LogP contribution in [-0.4, -0.2) is 16.8 Å². The number of hydrogen-bond acceptors (Lipinski definition) is 2. The zero-order valence-corrected chi connectivity index (χ0v) is 8.43. The predicted molar refractivity (Wildman–Crippen MR) is 53.9 cm³/mol. The van der Waals surface area contributed by atoms with Crippen LogP contribution in [0.15, 0.2) is 35.2 Å². The van der Waals surface area contributed by atoms with Crippen LogP contribution in [-0.2, 0) is 4.79 Å². The summed E-state index contributed by atoms with van der Waals surface area (Å²) in [5, 5.41) is 8.29. The molecule has 0 amide bonds. The third-order valence-corrected chi connectivity index (χ3v) is 2.44. The van der Waals surface area contributed by atoms with Crippen LogP contribution in [0, 0.1) is 11.6 Å². The molecule has 0 bridgehead atoms. The maximum Gasteiger partial charge on any atom is 0.328 e. The molecule has 0 spiro atoms. The molecule has 0 radical (unpaired) electrons. The molecule has 0 heterocycles. The fraction of sp³-hybridized carbons (Fsp3) is 0.100. The van der Waals surface area contributed by atoms with Crippen molar-refractivity contribution in [2.75, 3.05) is 5.75 Å². The van der Waals surface area contributed by atoms with Crippen LogP contribution in [0.1, 0.15) is 0 Å². The van der Waals surface area contributed by atoms with Gasteiger partial charge in [0.15, 0.2) is 11.6 Å². The van der Waals surface area contributed by atoms with Gasteiger partial charge in [0.1, 0.15) is 0 Å². The first-order valence-electron chi connectivity index (χ1n) is 4.07. The van der Waals surface area contributed by atoms with Crippen molar-refractivity contribution < 1.29 is 18.7 Å². The molecule has 1 aromatic rings. The van der Waals surface area contributed by atoms with E-state index in [9.17, 15) is 13.6 Å². The van der Waals surface area contributed by atoms with E-state index in [0.29, 0.717) is 10.6 Å². The van der Waals surface area contributed by atoms with Crippen LogP contribution in [0.4, 0.5) is 8.78 Å². The van der Waals surface area contributed by atoms with Crippen molar-refractivity contribution in [2.24, 2.45) is 0 Å². The molecule has 0 fully saturated rings. The van der Waals surface area contributed by atoms with Gasteiger partial charge < -0.3 is 5.11 Å². The van der Waals surface area contributed by atoms with Crippen LogP contribution in [0.25, 0.3) is 0 Å². The van der Waals surface area contributed by atoms with Crippen LogP contribution in [0.3, 0.4) is 0 Å². The first-order chi connectivity index (χ1) is 7.09. The molecule has 0 atom stereocenters. The third-order valence-electron chi connectivity index (χ3n) is 1.50. The maximum absolute atomic E-state index is 12.7. The number of carboxylic acid groups (broad SMARTS) is 1. The highest BCUT2D eigenvalue weighted by atomic mass is 32.2. The predicted octanol–water partition coefficient (Wildman–Crippen LogP) is 2.70. The molecule has 15 heavy (non-hydrogen) atoms. The largest absolute Gasteiger partial charge is 0.478 e. The van der Waals surface area contributed by atoms with Crippen molar-refractivity contribution in [3.05, 3.63) is 42.0 Å². The fourth-order valence-electron chi connectivity index (χ4n) is 0.860. The molecule has 5 heteroatoms. The number of aliphatic carboxylic acids is 1. The third kappa shape index (κ3) is 4.12. The lowest BCUT2D eigenvalue weighted by atomic mass is 10.3. The van der Waals surface area contributed by atoms with Gasteiger partial charge in [-0.25, -0.2) is 13.6 Å². The molecule has 80 valence electrons. The highest BCUT2D eigenvalue weighted by Gasteiger charge is 2.01. The summed E-state index contributed by atoms with van der Waals surface area (Å²) in [6, 6.07) is 3.56. The van der Waals surface area contributed by atoms with E-state index in [1.807, 2.05) is 0 Å². The molecule has 1 aromatic carbocycles. The van der Waals surface area contributed by atoms with Crippen LogP contribution < -0.4 is 0 Å². The first kappa shape index (κ1) is 11.7. The summed E-state index contributed by atoms with van der Waals surface area (Å²) in [4.78, 5) is 10.7. The summed E-state index contributed by atoms with van der Waals surface area (Å²) >= 11 is 1.23. The summed E-state index contributed by atoms with van der Waals surface area (Å²) in [5.74, 6) is -2.42. The number of thioether (sulfide) groups is 1. The summed E-state index contributed by atoms with van der Waals surface area (Å²) < 4.78 is 25.2. The molecule has 0 aliphatic heterocycles. The van der Waals surface area contributed by atoms with Crippen molar-refractivity contribution in [3.63, 3.8) is 0 Å². The lowest BCUT2D eigenvalue weighted by molar-refractivity contribution is -0.131. The minimum atomic E-state index is -1.03. The molecule has 0 aliphatic rings. The Hall–Kier alpha value is -1.36. The maximum atomic E-state index is 12.7. The Labute approximate surface area is 89.6 Å². The molecule has 2 nitrogen and oxygen atoms in total. The van der Waals surface area contributed by atoms with E-state index >= 15 is 0 Å². The van der Waals surface area contributed by atoms with Gasteiger partial charge in [-0.05, 0) is 18.2 Å². The number of carboxylic acids is 1. The van der Waals surface area contributed by atoms with Gasteiger partial charge in [-0.2, -0.15) is 0 Å². The Bertz CT molecular complexity index is 391. The van der Waals surface area contributed by atoms with Gasteiger partial charge in [0.25, 0.3) is 0 Å². The summed E-state index contributed by atoms with van der Waals surface area (Å²) in [7, 11) is 0. The van der Waals surface area contributed by atoms with Crippen molar-refractivity contribution in [1.82, 2.24) is 0 Å². The van der Waals surface area contributed by atoms with Gasteiger partial charge in [0.2, 0.25) is 0 Å². The van der Waals surface area contributed by atoms with Crippen LogP contribution >= 0.6 is 11.8 Å². The summed E-state index contributed by atoms with van der Waals surface area (Å²) in [6.45, 7) is 0. The zero-order chi connectivity index (χ0) is 11.3. The Morgan fingerprint density at radius 3 is 2.73 bits per heavy atom. The molecule has 0 aliphatic carbocycles. The molecular formula is C10H8F2O2S. The average Bonchev–Trinajstić information content (AvgIpc) is 2.18. The van der Waals surface area contributed by atoms with E-state index in [1.54, 1.807) is 0 Å². The van der Waals surface area contributed by atoms with Gasteiger partial charge in [0.05, 0.1) is 0 Å². The van der Waals surface area contributed by atoms with Crippen molar-refractivity contribution >= 4 is 17.7 Å². The fourth-order valence-corrected chi connectivity index (χ4v) is 1.60. The van der Waals surface area contributed by atoms with Crippen LogP contribution in [0.5, 0.6) is 0 Å². The van der Waals surface area contributed by atoms with Gasteiger partial charge in [-0.1, -0.05) is 6.08 Å². The monoisotopic (exact) mass is 230 g/mol. The number of halogens is 2. The number of rotatable bonds is 4. The smallest absolute Gasteiger partial charge is 0.328 e. The zero-order valence-electron chi connectivity index (χ0n) is 7.61. The Balaban J connectivity index is 2.51. The van der Waals surface area contributed by atoms with Crippen LogP contribution in [0.2, 0.25) is 0 Å². The van der Waals surface area contributed by atoms with E-state index < -0.39 is 17.6 Å². The molecule has 0 saturated heterocycles. The van der Waals surface area contributed by atoms with Crippen molar-refractivity contribution in [1.29, 1.82) is 0 Å². The van der Waals surface area contributed by atoms with Gasteiger partial charge in [0, 0.05) is 16.7 Å². The highest BCUT2D eigenvalue weighted by molar-refractivity contribution is 7.99. The van der Waals surface area contributed by atoms with E-state index in [-0.39, 0.29) is 0 Å². The quantitative estimate of drug-likeness (QED) is 0.638. The van der Waals surface area contributed by atoms with E-state index in [4.69, 9.17) is 5.11 Å². The minimum absolute atomic E-state index is 0.400. The Kier molecular flexibility index (Phi) is 4.30. The number of benzene rings is 1. The topological polar surface area (TPSA) is 37.3 Å². The summed E-state index contributed by atoms with van der Waals surface area (Å²) in [5.41, 5.74) is 0. The second-order valence-corrected chi connectivity index (χ2v) is 3.72. The average molecular weight is 230 g/mol. The molecule has 1 rings (SSSR count).